The zero-order valence-corrected chi connectivity index (χ0v) is 16.1. The highest BCUT2D eigenvalue weighted by molar-refractivity contribution is 7.22. The number of anilines is 1. The van der Waals surface area contributed by atoms with Gasteiger partial charge in [-0.1, -0.05) is 6.92 Å². The molecule has 0 bridgehead atoms. The van der Waals surface area contributed by atoms with Crippen LogP contribution >= 0.6 is 22.7 Å². The van der Waals surface area contributed by atoms with Gasteiger partial charge in [0.1, 0.15) is 15.5 Å². The number of nitrogens with zero attached hydrogens (tertiary/aromatic N) is 3. The van der Waals surface area contributed by atoms with Crippen LogP contribution in [0.3, 0.4) is 0 Å². The zero-order valence-electron chi connectivity index (χ0n) is 14.5. The van der Waals surface area contributed by atoms with Crippen LogP contribution in [0.1, 0.15) is 31.2 Å². The van der Waals surface area contributed by atoms with Crippen molar-refractivity contribution in [2.45, 2.75) is 39.8 Å². The van der Waals surface area contributed by atoms with Gasteiger partial charge in [0.15, 0.2) is 0 Å². The largest absolute Gasteiger partial charge is 0.317 e. The van der Waals surface area contributed by atoms with Crippen LogP contribution in [0.4, 0.5) is 5.00 Å². The number of likely N-dealkylation sites (N-methyl/N-ethyl adjacent to an activating group) is 1. The minimum Gasteiger partial charge on any atom is -0.317 e. The van der Waals surface area contributed by atoms with Gasteiger partial charge in [-0.15, -0.1) is 22.7 Å². The minimum atomic E-state index is -0.0389. The number of thiophene rings is 1. The van der Waals surface area contributed by atoms with Gasteiger partial charge in [0.2, 0.25) is 5.91 Å². The summed E-state index contributed by atoms with van der Waals surface area (Å²) in [6.45, 7) is 8.01. The Labute approximate surface area is 154 Å². The number of carbonyl (C=O) groups excluding carboxylic acids is 1. The second kappa shape index (κ2) is 6.48. The average Bonchev–Trinajstić information content (AvgIpc) is 3.13. The molecule has 0 saturated heterocycles. The van der Waals surface area contributed by atoms with Crippen molar-refractivity contribution in [1.29, 1.82) is 0 Å². The number of thiazole rings is 1. The van der Waals surface area contributed by atoms with E-state index in [4.69, 9.17) is 4.98 Å². The van der Waals surface area contributed by atoms with E-state index in [1.807, 2.05) is 6.07 Å². The van der Waals surface area contributed by atoms with Crippen LogP contribution in [0.2, 0.25) is 0 Å². The highest BCUT2D eigenvalue weighted by atomic mass is 32.1. The number of rotatable bonds is 3. The summed E-state index contributed by atoms with van der Waals surface area (Å²) < 4.78 is 1.12. The molecule has 0 saturated carbocycles. The molecule has 5 nitrogen and oxygen atoms in total. The smallest absolute Gasteiger partial charge is 0.221 e. The van der Waals surface area contributed by atoms with Crippen molar-refractivity contribution in [3.63, 3.8) is 0 Å². The molecular weight excluding hydrogens is 352 g/mol. The van der Waals surface area contributed by atoms with E-state index in [-0.39, 0.29) is 5.91 Å². The number of hydrogen-bond acceptors (Lipinski definition) is 6. The molecule has 1 N–H and O–H groups in total. The van der Waals surface area contributed by atoms with E-state index in [2.05, 4.69) is 29.0 Å². The number of carbonyl (C=O) groups is 1. The molecule has 0 fully saturated rings. The predicted molar refractivity (Wildman–Crippen MR) is 104 cm³/mol. The first-order chi connectivity index (χ1) is 12.1. The van der Waals surface area contributed by atoms with Crippen LogP contribution in [-0.4, -0.2) is 33.4 Å². The zero-order chi connectivity index (χ0) is 17.6. The van der Waals surface area contributed by atoms with Gasteiger partial charge in [-0.2, -0.15) is 0 Å². The second-order valence-electron chi connectivity index (χ2n) is 6.37. The Morgan fingerprint density at radius 1 is 1.44 bits per heavy atom. The summed E-state index contributed by atoms with van der Waals surface area (Å²) >= 11 is 3.36. The Kier molecular flexibility index (Phi) is 4.31. The molecule has 3 aromatic heterocycles. The highest BCUT2D eigenvalue weighted by Crippen LogP contribution is 2.46. The van der Waals surface area contributed by atoms with Gasteiger partial charge in [0, 0.05) is 36.1 Å². The number of aromatic nitrogens is 2. The third-order valence-electron chi connectivity index (χ3n) is 4.66. The van der Waals surface area contributed by atoms with Crippen molar-refractivity contribution >= 4 is 43.8 Å². The number of amides is 1. The maximum Gasteiger partial charge on any atom is 0.221 e. The first-order valence-corrected chi connectivity index (χ1v) is 10.1. The van der Waals surface area contributed by atoms with Gasteiger partial charge in [-0.05, 0) is 31.5 Å². The summed E-state index contributed by atoms with van der Waals surface area (Å²) in [5.74, 6) is -0.0389. The van der Waals surface area contributed by atoms with E-state index >= 15 is 0 Å². The second-order valence-corrected chi connectivity index (χ2v) is 8.50. The molecule has 0 radical (unpaired) electrons. The molecular formula is C18H20N4OS2. The minimum absolute atomic E-state index is 0.0389. The molecule has 0 unspecified atom stereocenters. The molecule has 1 aliphatic rings. The fraction of sp³-hybridized carbons (Fsp3) is 0.389. The van der Waals surface area contributed by atoms with Gasteiger partial charge >= 0.3 is 0 Å². The average molecular weight is 373 g/mol. The van der Waals surface area contributed by atoms with E-state index in [1.165, 1.54) is 10.4 Å². The molecule has 0 aromatic carbocycles. The van der Waals surface area contributed by atoms with E-state index in [0.29, 0.717) is 6.04 Å². The molecule has 1 atom stereocenters. The van der Waals surface area contributed by atoms with Crippen molar-refractivity contribution in [2.75, 3.05) is 11.9 Å². The summed E-state index contributed by atoms with van der Waals surface area (Å²) in [6.07, 6.45) is 4.58. The molecule has 7 heteroatoms. The number of hydrogen-bond donors (Lipinski definition) is 1. The maximum atomic E-state index is 11.7. The molecule has 3 aromatic rings. The lowest BCUT2D eigenvalue weighted by Gasteiger charge is -2.32. The lowest BCUT2D eigenvalue weighted by atomic mass is 9.97. The van der Waals surface area contributed by atoms with Crippen LogP contribution in [0.5, 0.6) is 0 Å². The molecule has 4 rings (SSSR count). The van der Waals surface area contributed by atoms with E-state index < -0.39 is 0 Å². The summed E-state index contributed by atoms with van der Waals surface area (Å²) in [5, 5.41) is 4.93. The monoisotopic (exact) mass is 372 g/mol. The van der Waals surface area contributed by atoms with Crippen LogP contribution in [0.15, 0.2) is 18.5 Å². The van der Waals surface area contributed by atoms with Gasteiger partial charge in [-0.25, -0.2) is 4.98 Å². The lowest BCUT2D eigenvalue weighted by Crippen LogP contribution is -2.37. The van der Waals surface area contributed by atoms with Crippen molar-refractivity contribution in [2.24, 2.45) is 0 Å². The van der Waals surface area contributed by atoms with Gasteiger partial charge in [0.05, 0.1) is 10.9 Å². The van der Waals surface area contributed by atoms with Crippen LogP contribution < -0.4 is 5.32 Å². The fourth-order valence-corrected chi connectivity index (χ4v) is 5.78. The standard InChI is InChI=1S/C18H20N4OS2/c1-4-22-9-15-12(7-10(22)2)16(17(25-15)20-11(3)23)18-21-13-8-19-6-5-14(13)24-18/h5-6,8,10H,4,7,9H2,1-3H3,(H,20,23)/t10-/m0/s1. The van der Waals surface area contributed by atoms with E-state index in [0.717, 1.165) is 45.3 Å². The third kappa shape index (κ3) is 2.96. The van der Waals surface area contributed by atoms with Gasteiger partial charge < -0.3 is 5.32 Å². The predicted octanol–water partition coefficient (Wildman–Crippen LogP) is 4.14. The van der Waals surface area contributed by atoms with Crippen molar-refractivity contribution < 1.29 is 4.79 Å². The van der Waals surface area contributed by atoms with E-state index in [9.17, 15) is 4.79 Å². The normalized spacial score (nSPS) is 17.6. The van der Waals surface area contributed by atoms with Gasteiger partial charge in [-0.3, -0.25) is 14.7 Å². The Balaban J connectivity index is 1.87. The SMILES string of the molecule is CCN1Cc2sc(NC(C)=O)c(-c3nc4cnccc4s3)c2C[C@@H]1C. The third-order valence-corrected chi connectivity index (χ3v) is 6.85. The van der Waals surface area contributed by atoms with E-state index in [1.54, 1.807) is 42.0 Å². The van der Waals surface area contributed by atoms with Crippen molar-refractivity contribution in [3.8, 4) is 10.6 Å². The Hall–Kier alpha value is -1.83. The Bertz CT molecular complexity index is 913. The molecule has 1 amide bonds. The molecule has 1 aliphatic heterocycles. The number of fused-ring (bicyclic) bond motifs is 2. The lowest BCUT2D eigenvalue weighted by molar-refractivity contribution is -0.114. The van der Waals surface area contributed by atoms with Crippen LogP contribution in [-0.2, 0) is 17.8 Å². The van der Waals surface area contributed by atoms with Crippen molar-refractivity contribution in [3.05, 3.63) is 28.9 Å². The van der Waals surface area contributed by atoms with Crippen molar-refractivity contribution in [1.82, 2.24) is 14.9 Å². The quantitative estimate of drug-likeness (QED) is 0.750. The molecule has 0 aliphatic carbocycles. The summed E-state index contributed by atoms with van der Waals surface area (Å²) in [7, 11) is 0. The first kappa shape index (κ1) is 16.6. The summed E-state index contributed by atoms with van der Waals surface area (Å²) in [4.78, 5) is 24.5. The summed E-state index contributed by atoms with van der Waals surface area (Å²) in [6, 6.07) is 2.49. The van der Waals surface area contributed by atoms with Crippen LogP contribution in [0.25, 0.3) is 20.8 Å². The Morgan fingerprint density at radius 3 is 3.00 bits per heavy atom. The van der Waals surface area contributed by atoms with Crippen LogP contribution in [0, 0.1) is 0 Å². The molecule has 130 valence electrons. The maximum absolute atomic E-state index is 11.7. The topological polar surface area (TPSA) is 58.1 Å². The summed E-state index contributed by atoms with van der Waals surface area (Å²) in [5.41, 5.74) is 3.37. The molecule has 25 heavy (non-hydrogen) atoms. The number of nitrogens with one attached hydrogen (secondary N) is 1. The fourth-order valence-electron chi connectivity index (χ4n) is 3.41. The first-order valence-electron chi connectivity index (χ1n) is 8.44. The molecule has 4 heterocycles. The van der Waals surface area contributed by atoms with Gasteiger partial charge in [0.25, 0.3) is 0 Å². The highest BCUT2D eigenvalue weighted by Gasteiger charge is 2.30. The Morgan fingerprint density at radius 2 is 2.28 bits per heavy atom. The number of pyridine rings is 1. The molecule has 0 spiro atoms.